The Bertz CT molecular complexity index is 1170. The lowest BCUT2D eigenvalue weighted by molar-refractivity contribution is -0.157. The highest BCUT2D eigenvalue weighted by atomic mass is 32.2. The first kappa shape index (κ1) is 37.1. The van der Waals surface area contributed by atoms with Crippen molar-refractivity contribution >= 4 is 21.8 Å². The Morgan fingerprint density at radius 2 is 1.18 bits per heavy atom. The van der Waals surface area contributed by atoms with Gasteiger partial charge in [0.25, 0.3) is 9.84 Å². The van der Waals surface area contributed by atoms with Gasteiger partial charge >= 0.3 is 16.8 Å². The van der Waals surface area contributed by atoms with Gasteiger partial charge in [-0.05, 0) is 83.3 Å². The molecule has 2 aliphatic carbocycles. The summed E-state index contributed by atoms with van der Waals surface area (Å²) in [6.45, 7) is 15.2. The van der Waals surface area contributed by atoms with E-state index in [1.54, 1.807) is 24.3 Å². The van der Waals surface area contributed by atoms with Crippen LogP contribution in [0.25, 0.3) is 4.85 Å². The van der Waals surface area contributed by atoms with Crippen molar-refractivity contribution in [3.8, 4) is 0 Å². The number of hydrogen-bond acceptors (Lipinski definition) is 6. The standard InChI is InChI=1S/C37H57NO6S/c1-5-7-29-43-33(39)35(21-9-10-22-35)25-13-15-27-37(38-4,45(41,42)32-19-17-31(3)18-20-32)28-16-14-26-36(23-11-12-24-36)34(40)44-30-8-6-2/h17-20H,5-16,21-30H2,1-3H3. The molecule has 0 heterocycles. The molecule has 8 heteroatoms. The van der Waals surface area contributed by atoms with Crippen LogP contribution in [0.3, 0.4) is 0 Å². The lowest BCUT2D eigenvalue weighted by Crippen LogP contribution is -2.36. The van der Waals surface area contributed by atoms with Gasteiger partial charge in [-0.2, -0.15) is 0 Å². The van der Waals surface area contributed by atoms with Gasteiger partial charge in [-0.3, -0.25) is 14.4 Å². The maximum Gasteiger partial charge on any atom is 0.333 e. The van der Waals surface area contributed by atoms with Gasteiger partial charge in [0, 0.05) is 12.8 Å². The van der Waals surface area contributed by atoms with E-state index in [0.717, 1.165) is 82.6 Å². The van der Waals surface area contributed by atoms with Crippen molar-refractivity contribution < 1.29 is 27.5 Å². The Morgan fingerprint density at radius 3 is 1.56 bits per heavy atom. The summed E-state index contributed by atoms with van der Waals surface area (Å²) >= 11 is 0. The Hall–Kier alpha value is -2.40. The third-order valence-electron chi connectivity index (χ3n) is 10.4. The number of esters is 2. The van der Waals surface area contributed by atoms with E-state index >= 15 is 0 Å². The van der Waals surface area contributed by atoms with Crippen LogP contribution in [0, 0.1) is 24.3 Å². The number of nitrogens with zero attached hydrogens (tertiary/aromatic N) is 1. The van der Waals surface area contributed by atoms with E-state index in [-0.39, 0.29) is 29.7 Å². The molecule has 0 N–H and O–H groups in total. The minimum atomic E-state index is -3.96. The quantitative estimate of drug-likeness (QED) is 0.0799. The molecule has 0 amide bonds. The van der Waals surface area contributed by atoms with Crippen molar-refractivity contribution in [1.82, 2.24) is 0 Å². The average Bonchev–Trinajstić information content (AvgIpc) is 3.72. The molecule has 252 valence electrons. The SMILES string of the molecule is [C-]#[N+]C(CCCCC1(C(=O)OCCCC)CCCC1)(CCCCC1(C(=O)OCCCC)CCCC1)S(=O)(=O)c1ccc(C)cc1. The highest BCUT2D eigenvalue weighted by Gasteiger charge is 2.51. The number of unbranched alkanes of at least 4 members (excludes halogenated alkanes) is 4. The van der Waals surface area contributed by atoms with E-state index in [1.165, 1.54) is 0 Å². The van der Waals surface area contributed by atoms with E-state index in [0.29, 0.717) is 51.7 Å². The summed E-state index contributed by atoms with van der Waals surface area (Å²) in [6.07, 6.45) is 15.1. The summed E-state index contributed by atoms with van der Waals surface area (Å²) in [5.74, 6) is -0.211. The lowest BCUT2D eigenvalue weighted by atomic mass is 9.80. The summed E-state index contributed by atoms with van der Waals surface area (Å²) < 4.78 is 39.7. The predicted octanol–water partition coefficient (Wildman–Crippen LogP) is 9.31. The van der Waals surface area contributed by atoms with Gasteiger partial charge in [0.15, 0.2) is 0 Å². The molecule has 0 radical (unpaired) electrons. The summed E-state index contributed by atoms with van der Waals surface area (Å²) in [5, 5.41) is 0. The molecule has 45 heavy (non-hydrogen) atoms. The fraction of sp³-hybridized carbons (Fsp3) is 0.757. The molecule has 2 fully saturated rings. The number of sulfone groups is 1. The molecule has 0 bridgehead atoms. The largest absolute Gasteiger partial charge is 0.465 e. The van der Waals surface area contributed by atoms with E-state index in [1.807, 2.05) is 6.92 Å². The number of carbonyl (C=O) groups is 2. The zero-order valence-corrected chi connectivity index (χ0v) is 29.0. The molecule has 0 aliphatic heterocycles. The summed E-state index contributed by atoms with van der Waals surface area (Å²) in [5.41, 5.74) is -0.0000934. The maximum absolute atomic E-state index is 14.2. The first-order chi connectivity index (χ1) is 21.6. The fourth-order valence-corrected chi connectivity index (χ4v) is 9.25. The number of benzene rings is 1. The van der Waals surface area contributed by atoms with Gasteiger partial charge in [0.1, 0.15) is 0 Å². The van der Waals surface area contributed by atoms with E-state index < -0.39 is 25.5 Å². The van der Waals surface area contributed by atoms with Crippen molar-refractivity contribution in [2.24, 2.45) is 10.8 Å². The fourth-order valence-electron chi connectivity index (χ4n) is 7.37. The van der Waals surface area contributed by atoms with Gasteiger partial charge in [-0.15, -0.1) is 0 Å². The zero-order valence-electron chi connectivity index (χ0n) is 28.2. The third kappa shape index (κ3) is 9.33. The summed E-state index contributed by atoms with van der Waals surface area (Å²) in [7, 11) is -3.96. The monoisotopic (exact) mass is 643 g/mol. The molecule has 0 atom stereocenters. The topological polar surface area (TPSA) is 91.1 Å². The van der Waals surface area contributed by atoms with E-state index in [2.05, 4.69) is 18.7 Å². The molecule has 3 rings (SSSR count). The highest BCUT2D eigenvalue weighted by molar-refractivity contribution is 7.93. The van der Waals surface area contributed by atoms with E-state index in [9.17, 15) is 18.0 Å². The summed E-state index contributed by atoms with van der Waals surface area (Å²) in [6, 6.07) is 6.79. The highest BCUT2D eigenvalue weighted by Crippen LogP contribution is 2.46. The second-order valence-electron chi connectivity index (χ2n) is 13.7. The van der Waals surface area contributed by atoms with Crippen LogP contribution in [0.5, 0.6) is 0 Å². The van der Waals surface area contributed by atoms with Gasteiger partial charge in [-0.1, -0.05) is 82.9 Å². The summed E-state index contributed by atoms with van der Waals surface area (Å²) in [4.78, 5) is 28.7. The van der Waals surface area contributed by atoms with Gasteiger partial charge in [0.05, 0.1) is 28.9 Å². The molecule has 0 saturated heterocycles. The van der Waals surface area contributed by atoms with Crippen LogP contribution in [0.1, 0.15) is 148 Å². The van der Waals surface area contributed by atoms with Crippen LogP contribution in [0.4, 0.5) is 0 Å². The van der Waals surface area contributed by atoms with Crippen molar-refractivity contribution in [1.29, 1.82) is 0 Å². The van der Waals surface area contributed by atoms with Gasteiger partial charge in [0.2, 0.25) is 0 Å². The Balaban J connectivity index is 1.72. The molecule has 2 saturated carbocycles. The Labute approximate surface area is 273 Å². The smallest absolute Gasteiger partial charge is 0.333 e. The molecule has 1 aromatic rings. The number of carbonyl (C=O) groups excluding carboxylic acids is 2. The van der Waals surface area contributed by atoms with Gasteiger partial charge < -0.3 is 9.47 Å². The average molecular weight is 644 g/mol. The minimum absolute atomic E-state index is 0.105. The number of aryl methyl sites for hydroxylation is 1. The second kappa shape index (κ2) is 17.5. The second-order valence-corrected chi connectivity index (χ2v) is 16.0. The molecule has 7 nitrogen and oxygen atoms in total. The van der Waals surface area contributed by atoms with E-state index in [4.69, 9.17) is 16.0 Å². The van der Waals surface area contributed by atoms with Crippen LogP contribution in [-0.4, -0.2) is 38.4 Å². The Morgan fingerprint density at radius 1 is 0.756 bits per heavy atom. The zero-order chi connectivity index (χ0) is 32.8. The first-order valence-corrected chi connectivity index (χ1v) is 19.1. The minimum Gasteiger partial charge on any atom is -0.465 e. The predicted molar refractivity (Wildman–Crippen MR) is 178 cm³/mol. The van der Waals surface area contributed by atoms with Crippen LogP contribution < -0.4 is 0 Å². The van der Waals surface area contributed by atoms with Crippen molar-refractivity contribution in [2.75, 3.05) is 13.2 Å². The number of hydrogen-bond donors (Lipinski definition) is 0. The molecule has 1 aromatic carbocycles. The molecule has 2 aliphatic rings. The van der Waals surface area contributed by atoms with Crippen LogP contribution in [0.15, 0.2) is 29.2 Å². The molecule has 0 aromatic heterocycles. The normalized spacial score (nSPS) is 17.6. The molecule has 0 unspecified atom stereocenters. The van der Waals surface area contributed by atoms with Crippen molar-refractivity contribution in [2.45, 2.75) is 159 Å². The number of rotatable bonds is 20. The third-order valence-corrected chi connectivity index (χ3v) is 12.8. The Kier molecular flexibility index (Phi) is 14.4. The molecular weight excluding hydrogens is 586 g/mol. The maximum atomic E-state index is 14.2. The first-order valence-electron chi connectivity index (χ1n) is 17.6. The van der Waals surface area contributed by atoms with Crippen LogP contribution in [-0.2, 0) is 28.9 Å². The van der Waals surface area contributed by atoms with Crippen LogP contribution in [0.2, 0.25) is 0 Å². The molecular formula is C37H57NO6S. The van der Waals surface area contributed by atoms with Gasteiger partial charge in [-0.25, -0.2) is 15.0 Å². The molecule has 0 spiro atoms. The van der Waals surface area contributed by atoms with Crippen molar-refractivity contribution in [3.63, 3.8) is 0 Å². The van der Waals surface area contributed by atoms with Crippen molar-refractivity contribution in [3.05, 3.63) is 41.2 Å². The lowest BCUT2D eigenvalue weighted by Gasteiger charge is -2.28. The number of ether oxygens (including phenoxy) is 2. The van der Waals surface area contributed by atoms with Crippen LogP contribution >= 0.6 is 0 Å².